The van der Waals surface area contributed by atoms with Crippen LogP contribution in [-0.2, 0) is 24.0 Å². The quantitative estimate of drug-likeness (QED) is 0.804. The first-order valence-electron chi connectivity index (χ1n) is 9.66. The van der Waals surface area contributed by atoms with E-state index < -0.39 is 0 Å². The maximum atomic E-state index is 10.1. The van der Waals surface area contributed by atoms with Crippen LogP contribution in [-0.4, -0.2) is 22.3 Å². The summed E-state index contributed by atoms with van der Waals surface area (Å²) in [5.41, 5.74) is 3.57. The van der Waals surface area contributed by atoms with Gasteiger partial charge in [-0.2, -0.15) is 0 Å². The molecular formula is C21H31NO2. The van der Waals surface area contributed by atoms with Gasteiger partial charge in [-0.15, -0.1) is 0 Å². The van der Waals surface area contributed by atoms with E-state index in [1.807, 2.05) is 6.08 Å². The molecule has 0 amide bonds. The number of pyridine rings is 1. The van der Waals surface area contributed by atoms with Crippen LogP contribution in [0, 0.1) is 5.92 Å². The minimum atomic E-state index is -0.169. The Balaban J connectivity index is 1.77. The van der Waals surface area contributed by atoms with Crippen molar-refractivity contribution >= 4 is 0 Å². The Morgan fingerprint density at radius 2 is 1.83 bits per heavy atom. The third-order valence-electron chi connectivity index (χ3n) is 5.82. The molecule has 0 aromatic carbocycles. The molecule has 1 atom stereocenters. The maximum absolute atomic E-state index is 10.1. The van der Waals surface area contributed by atoms with Crippen LogP contribution in [0.3, 0.4) is 0 Å². The van der Waals surface area contributed by atoms with Gasteiger partial charge in [0.25, 0.3) is 0 Å². The lowest BCUT2D eigenvalue weighted by atomic mass is 9.77. The van der Waals surface area contributed by atoms with Crippen LogP contribution in [0.5, 0.6) is 0 Å². The Hall–Kier alpha value is -1.35. The molecule has 2 heterocycles. The highest BCUT2D eigenvalue weighted by molar-refractivity contribution is 5.23. The van der Waals surface area contributed by atoms with Gasteiger partial charge in [0.15, 0.2) is 0 Å². The van der Waals surface area contributed by atoms with E-state index in [2.05, 4.69) is 26.0 Å². The molecule has 2 aliphatic rings. The van der Waals surface area contributed by atoms with Crippen LogP contribution in [0.15, 0.2) is 24.0 Å². The Kier molecular flexibility index (Phi) is 5.60. The molecular weight excluding hydrogens is 298 g/mol. The zero-order valence-electron chi connectivity index (χ0n) is 15.2. The third kappa shape index (κ3) is 3.83. The van der Waals surface area contributed by atoms with Gasteiger partial charge in [-0.25, -0.2) is 0 Å². The zero-order chi connectivity index (χ0) is 17.0. The SMILES string of the molecule is CCc1cc(CC[C@]2(C3CCCC3)CC(O)=CCO2)cc(CC)n1. The third-order valence-corrected chi connectivity index (χ3v) is 5.82. The number of aromatic nitrogens is 1. The topological polar surface area (TPSA) is 42.4 Å². The van der Waals surface area contributed by atoms with Crippen molar-refractivity contribution in [3.8, 4) is 0 Å². The Bertz CT molecular complexity index is 567. The van der Waals surface area contributed by atoms with Gasteiger partial charge in [0.2, 0.25) is 0 Å². The molecule has 1 aromatic rings. The first-order chi connectivity index (χ1) is 11.6. The van der Waals surface area contributed by atoms with Crippen LogP contribution < -0.4 is 0 Å². The van der Waals surface area contributed by atoms with E-state index in [0.717, 1.165) is 25.7 Å². The highest BCUT2D eigenvalue weighted by Crippen LogP contribution is 2.44. The first-order valence-corrected chi connectivity index (χ1v) is 9.66. The summed E-state index contributed by atoms with van der Waals surface area (Å²) in [6.07, 6.45) is 11.6. The predicted octanol–water partition coefficient (Wildman–Crippen LogP) is 4.93. The van der Waals surface area contributed by atoms with Gasteiger partial charge in [0.05, 0.1) is 18.0 Å². The van der Waals surface area contributed by atoms with Crippen LogP contribution in [0.25, 0.3) is 0 Å². The highest BCUT2D eigenvalue weighted by Gasteiger charge is 2.42. The Morgan fingerprint density at radius 3 is 2.42 bits per heavy atom. The molecule has 3 heteroatoms. The van der Waals surface area contributed by atoms with E-state index in [9.17, 15) is 5.11 Å². The number of aryl methyl sites for hydroxylation is 3. The van der Waals surface area contributed by atoms with Gasteiger partial charge in [-0.05, 0) is 68.2 Å². The lowest BCUT2D eigenvalue weighted by Gasteiger charge is -2.41. The molecule has 0 bridgehead atoms. The average molecular weight is 329 g/mol. The first kappa shape index (κ1) is 17.5. The van der Waals surface area contributed by atoms with Gasteiger partial charge in [0, 0.05) is 17.8 Å². The van der Waals surface area contributed by atoms with Crippen molar-refractivity contribution in [1.29, 1.82) is 0 Å². The lowest BCUT2D eigenvalue weighted by molar-refractivity contribution is -0.0947. The largest absolute Gasteiger partial charge is 0.512 e. The number of hydrogen-bond acceptors (Lipinski definition) is 3. The van der Waals surface area contributed by atoms with Crippen molar-refractivity contribution in [2.24, 2.45) is 5.92 Å². The minimum Gasteiger partial charge on any atom is -0.512 e. The van der Waals surface area contributed by atoms with E-state index in [1.165, 1.54) is 42.6 Å². The van der Waals surface area contributed by atoms with Crippen LogP contribution in [0.1, 0.15) is 69.3 Å². The summed E-state index contributed by atoms with van der Waals surface area (Å²) in [5, 5.41) is 10.1. The summed E-state index contributed by atoms with van der Waals surface area (Å²) in [5.74, 6) is 1.11. The second kappa shape index (κ2) is 7.69. The van der Waals surface area contributed by atoms with E-state index in [4.69, 9.17) is 9.72 Å². The molecule has 0 spiro atoms. The molecule has 1 aromatic heterocycles. The van der Waals surface area contributed by atoms with Crippen molar-refractivity contribution in [3.63, 3.8) is 0 Å². The van der Waals surface area contributed by atoms with Crippen molar-refractivity contribution in [3.05, 3.63) is 40.9 Å². The van der Waals surface area contributed by atoms with Gasteiger partial charge < -0.3 is 9.84 Å². The van der Waals surface area contributed by atoms with Gasteiger partial charge >= 0.3 is 0 Å². The van der Waals surface area contributed by atoms with Crippen LogP contribution >= 0.6 is 0 Å². The number of hydrogen-bond donors (Lipinski definition) is 1. The highest BCUT2D eigenvalue weighted by atomic mass is 16.5. The van der Waals surface area contributed by atoms with E-state index >= 15 is 0 Å². The van der Waals surface area contributed by atoms with E-state index in [-0.39, 0.29) is 5.60 Å². The Morgan fingerprint density at radius 1 is 1.17 bits per heavy atom. The van der Waals surface area contributed by atoms with Crippen molar-refractivity contribution in [2.75, 3.05) is 6.61 Å². The van der Waals surface area contributed by atoms with Crippen molar-refractivity contribution < 1.29 is 9.84 Å². The van der Waals surface area contributed by atoms with Gasteiger partial charge in [-0.3, -0.25) is 4.98 Å². The number of ether oxygens (including phenoxy) is 1. The summed E-state index contributed by atoms with van der Waals surface area (Å²) in [6, 6.07) is 4.50. The summed E-state index contributed by atoms with van der Waals surface area (Å²) in [7, 11) is 0. The standard InChI is InChI=1S/C21H31NO2/c1-3-18-13-16(14-19(4-2)22-18)9-11-21(17-7-5-6-8-17)15-20(23)10-12-24-21/h10,13-14,17,23H,3-9,11-12,15H2,1-2H3/t21-/m1/s1. The fourth-order valence-corrected chi connectivity index (χ4v) is 4.39. The summed E-state index contributed by atoms with van der Waals surface area (Å²) in [6.45, 7) is 4.89. The van der Waals surface area contributed by atoms with Crippen molar-refractivity contribution in [2.45, 2.75) is 77.2 Å². The molecule has 1 saturated carbocycles. The number of aliphatic hydroxyl groups is 1. The molecule has 132 valence electrons. The fraction of sp³-hybridized carbons (Fsp3) is 0.667. The number of nitrogens with zero attached hydrogens (tertiary/aromatic N) is 1. The summed E-state index contributed by atoms with van der Waals surface area (Å²) in [4.78, 5) is 4.69. The van der Waals surface area contributed by atoms with Crippen molar-refractivity contribution in [1.82, 2.24) is 4.98 Å². The lowest BCUT2D eigenvalue weighted by Crippen LogP contribution is -2.43. The molecule has 0 saturated heterocycles. The molecule has 1 aliphatic heterocycles. The summed E-state index contributed by atoms with van der Waals surface area (Å²) >= 11 is 0. The molecule has 0 radical (unpaired) electrons. The van der Waals surface area contributed by atoms with E-state index in [0.29, 0.717) is 24.7 Å². The molecule has 3 nitrogen and oxygen atoms in total. The van der Waals surface area contributed by atoms with Crippen LogP contribution in [0.4, 0.5) is 0 Å². The molecule has 1 fully saturated rings. The second-order valence-corrected chi connectivity index (χ2v) is 7.39. The van der Waals surface area contributed by atoms with E-state index in [1.54, 1.807) is 0 Å². The van der Waals surface area contributed by atoms with Gasteiger partial charge in [-0.1, -0.05) is 26.7 Å². The summed E-state index contributed by atoms with van der Waals surface area (Å²) < 4.78 is 6.30. The normalized spacial score (nSPS) is 25.0. The molecule has 1 N–H and O–H groups in total. The molecule has 24 heavy (non-hydrogen) atoms. The number of rotatable bonds is 6. The number of aliphatic hydroxyl groups excluding tert-OH is 1. The fourth-order valence-electron chi connectivity index (χ4n) is 4.39. The van der Waals surface area contributed by atoms with Crippen LogP contribution in [0.2, 0.25) is 0 Å². The molecule has 0 unspecified atom stereocenters. The molecule has 3 rings (SSSR count). The predicted molar refractivity (Wildman–Crippen MR) is 97.3 cm³/mol. The average Bonchev–Trinajstić information content (AvgIpc) is 3.15. The zero-order valence-corrected chi connectivity index (χ0v) is 15.2. The maximum Gasteiger partial charge on any atom is 0.0934 e. The van der Waals surface area contributed by atoms with Gasteiger partial charge in [0.1, 0.15) is 0 Å². The monoisotopic (exact) mass is 329 g/mol. The minimum absolute atomic E-state index is 0.169. The second-order valence-electron chi connectivity index (χ2n) is 7.39. The smallest absolute Gasteiger partial charge is 0.0934 e. The Labute approximate surface area is 146 Å². The molecule has 1 aliphatic carbocycles.